The molecule has 5 rings (SSSR count). The zero-order valence-electron chi connectivity index (χ0n) is 15.9. The third-order valence-electron chi connectivity index (χ3n) is 6.04. The van der Waals surface area contributed by atoms with Crippen LogP contribution in [-0.4, -0.2) is 40.6 Å². The summed E-state index contributed by atoms with van der Waals surface area (Å²) in [4.78, 5) is 19.3. The van der Waals surface area contributed by atoms with Crippen LogP contribution >= 0.6 is 0 Å². The molecule has 0 unspecified atom stereocenters. The van der Waals surface area contributed by atoms with Crippen LogP contribution in [0.3, 0.4) is 0 Å². The summed E-state index contributed by atoms with van der Waals surface area (Å²) in [5, 5.41) is 0. The standard InChI is InChI=1S/C22H23N3O3/c1-27-19-7-3-2-6-17(19)18-13-23-20-12-22(15-25(18)20)8-9-24(14-22)21(26)11-16-5-4-10-28-16/h2-7,10,13H,8-9,11-12,14-15H2,1H3/t22-/m1/s1. The van der Waals surface area contributed by atoms with E-state index in [0.717, 1.165) is 61.1 Å². The zero-order valence-corrected chi connectivity index (χ0v) is 15.9. The number of ether oxygens (including phenoxy) is 1. The van der Waals surface area contributed by atoms with Crippen LogP contribution in [0.25, 0.3) is 11.3 Å². The van der Waals surface area contributed by atoms with Gasteiger partial charge in [0, 0.05) is 37.0 Å². The Hall–Kier alpha value is -3.02. The summed E-state index contributed by atoms with van der Waals surface area (Å²) in [7, 11) is 1.70. The third kappa shape index (κ3) is 2.80. The van der Waals surface area contributed by atoms with Crippen molar-refractivity contribution in [2.75, 3.05) is 20.2 Å². The number of benzene rings is 1. The molecule has 0 radical (unpaired) electrons. The molecule has 1 saturated heterocycles. The molecule has 3 aromatic rings. The fourth-order valence-corrected chi connectivity index (χ4v) is 4.62. The number of amides is 1. The number of carbonyl (C=O) groups excluding carboxylic acids is 1. The maximum Gasteiger partial charge on any atom is 0.230 e. The van der Waals surface area contributed by atoms with Crippen molar-refractivity contribution in [1.82, 2.24) is 14.5 Å². The number of para-hydroxylation sites is 1. The van der Waals surface area contributed by atoms with Gasteiger partial charge in [0.15, 0.2) is 0 Å². The van der Waals surface area contributed by atoms with Crippen LogP contribution in [0.5, 0.6) is 5.75 Å². The normalized spacial score (nSPS) is 20.7. The largest absolute Gasteiger partial charge is 0.496 e. The van der Waals surface area contributed by atoms with Gasteiger partial charge in [0.25, 0.3) is 0 Å². The van der Waals surface area contributed by atoms with Gasteiger partial charge in [0.2, 0.25) is 5.91 Å². The molecular formula is C22H23N3O3. The van der Waals surface area contributed by atoms with Crippen LogP contribution in [0.15, 0.2) is 53.3 Å². The quantitative estimate of drug-likeness (QED) is 0.701. The van der Waals surface area contributed by atoms with Gasteiger partial charge in [-0.2, -0.15) is 0 Å². The van der Waals surface area contributed by atoms with E-state index in [-0.39, 0.29) is 11.3 Å². The lowest BCUT2D eigenvalue weighted by Crippen LogP contribution is -2.34. The monoisotopic (exact) mass is 377 g/mol. The van der Waals surface area contributed by atoms with Gasteiger partial charge in [0.05, 0.1) is 31.7 Å². The van der Waals surface area contributed by atoms with E-state index in [9.17, 15) is 4.79 Å². The van der Waals surface area contributed by atoms with E-state index in [1.54, 1.807) is 13.4 Å². The fraction of sp³-hybridized carbons (Fsp3) is 0.364. The molecule has 1 fully saturated rings. The first-order chi connectivity index (χ1) is 13.7. The van der Waals surface area contributed by atoms with Gasteiger partial charge in [-0.15, -0.1) is 0 Å². The highest BCUT2D eigenvalue weighted by atomic mass is 16.5. The van der Waals surface area contributed by atoms with Crippen LogP contribution in [0.2, 0.25) is 0 Å². The highest BCUT2D eigenvalue weighted by Crippen LogP contribution is 2.43. The fourth-order valence-electron chi connectivity index (χ4n) is 4.62. The molecule has 4 heterocycles. The molecule has 0 saturated carbocycles. The summed E-state index contributed by atoms with van der Waals surface area (Å²) in [6, 6.07) is 11.7. The Bertz CT molecular complexity index is 1010. The average Bonchev–Trinajstić information content (AvgIpc) is 3.48. The van der Waals surface area contributed by atoms with E-state index >= 15 is 0 Å². The second kappa shape index (κ2) is 6.55. The number of methoxy groups -OCH3 is 1. The molecule has 1 atom stereocenters. The number of imidazole rings is 1. The van der Waals surface area contributed by atoms with Crippen LogP contribution in [-0.2, 0) is 24.2 Å². The summed E-state index contributed by atoms with van der Waals surface area (Å²) in [6.07, 6.45) is 5.80. The molecule has 6 heteroatoms. The number of aromatic nitrogens is 2. The van der Waals surface area contributed by atoms with Gasteiger partial charge >= 0.3 is 0 Å². The van der Waals surface area contributed by atoms with E-state index in [1.165, 1.54) is 0 Å². The minimum atomic E-state index is 0.0825. The number of carbonyl (C=O) groups is 1. The second-order valence-electron chi connectivity index (χ2n) is 7.84. The SMILES string of the molecule is COc1ccccc1-c1cnc2n1C[C@]1(CCN(C(=O)Cc3ccco3)C1)C2. The van der Waals surface area contributed by atoms with Gasteiger partial charge in [0.1, 0.15) is 17.3 Å². The Morgan fingerprint density at radius 2 is 2.14 bits per heavy atom. The Morgan fingerprint density at radius 1 is 1.25 bits per heavy atom. The Kier molecular flexibility index (Phi) is 4.00. The molecule has 1 spiro atoms. The number of fused-ring (bicyclic) bond motifs is 1. The summed E-state index contributed by atoms with van der Waals surface area (Å²) in [5.74, 6) is 2.82. The topological polar surface area (TPSA) is 60.5 Å². The third-order valence-corrected chi connectivity index (χ3v) is 6.04. The van der Waals surface area contributed by atoms with E-state index in [0.29, 0.717) is 6.42 Å². The number of rotatable bonds is 4. The molecule has 6 nitrogen and oxygen atoms in total. The second-order valence-corrected chi connectivity index (χ2v) is 7.84. The summed E-state index contributed by atoms with van der Waals surface area (Å²) < 4.78 is 13.2. The van der Waals surface area contributed by atoms with Crippen molar-refractivity contribution in [1.29, 1.82) is 0 Å². The lowest BCUT2D eigenvalue weighted by molar-refractivity contribution is -0.130. The lowest BCUT2D eigenvalue weighted by atomic mass is 9.86. The summed E-state index contributed by atoms with van der Waals surface area (Å²) in [6.45, 7) is 2.47. The smallest absolute Gasteiger partial charge is 0.230 e. The van der Waals surface area contributed by atoms with Crippen molar-refractivity contribution in [3.63, 3.8) is 0 Å². The van der Waals surface area contributed by atoms with E-state index in [1.807, 2.05) is 41.4 Å². The first-order valence-electron chi connectivity index (χ1n) is 9.65. The Balaban J connectivity index is 1.35. The number of hydrogen-bond donors (Lipinski definition) is 0. The van der Waals surface area contributed by atoms with E-state index in [4.69, 9.17) is 9.15 Å². The molecule has 0 bridgehead atoms. The maximum atomic E-state index is 12.7. The molecule has 144 valence electrons. The molecule has 0 aliphatic carbocycles. The van der Waals surface area contributed by atoms with E-state index < -0.39 is 0 Å². The van der Waals surface area contributed by atoms with Gasteiger partial charge in [-0.1, -0.05) is 12.1 Å². The number of furan rings is 1. The zero-order chi connectivity index (χ0) is 19.1. The highest BCUT2D eigenvalue weighted by molar-refractivity contribution is 5.78. The molecule has 1 aromatic carbocycles. The van der Waals surface area contributed by atoms with Gasteiger partial charge in [-0.25, -0.2) is 4.98 Å². The molecule has 2 aliphatic rings. The lowest BCUT2D eigenvalue weighted by Gasteiger charge is -2.23. The van der Waals surface area contributed by atoms with Gasteiger partial charge in [-0.3, -0.25) is 4.79 Å². The first-order valence-corrected chi connectivity index (χ1v) is 9.65. The number of hydrogen-bond acceptors (Lipinski definition) is 4. The Labute approximate surface area is 163 Å². The van der Waals surface area contributed by atoms with Gasteiger partial charge < -0.3 is 18.6 Å². The predicted octanol–water partition coefficient (Wildman–Crippen LogP) is 3.17. The van der Waals surface area contributed by atoms with Crippen LogP contribution in [0.1, 0.15) is 18.0 Å². The van der Waals surface area contributed by atoms with Crippen LogP contribution in [0, 0.1) is 5.41 Å². The maximum absolute atomic E-state index is 12.7. The molecule has 0 N–H and O–H groups in total. The number of nitrogens with zero attached hydrogens (tertiary/aromatic N) is 3. The molecule has 2 aliphatic heterocycles. The molecule has 1 amide bonds. The minimum Gasteiger partial charge on any atom is -0.496 e. The summed E-state index contributed by atoms with van der Waals surface area (Å²) >= 11 is 0. The van der Waals surface area contributed by atoms with Crippen molar-refractivity contribution < 1.29 is 13.9 Å². The van der Waals surface area contributed by atoms with Crippen LogP contribution in [0.4, 0.5) is 0 Å². The molecular weight excluding hydrogens is 354 g/mol. The van der Waals surface area contributed by atoms with Crippen LogP contribution < -0.4 is 4.74 Å². The Morgan fingerprint density at radius 3 is 2.96 bits per heavy atom. The number of likely N-dealkylation sites (tertiary alicyclic amines) is 1. The van der Waals surface area contributed by atoms with Crippen molar-refractivity contribution in [3.05, 3.63) is 60.4 Å². The van der Waals surface area contributed by atoms with Gasteiger partial charge in [-0.05, 0) is 30.7 Å². The van der Waals surface area contributed by atoms with Crippen molar-refractivity contribution >= 4 is 5.91 Å². The summed E-state index contributed by atoms with van der Waals surface area (Å²) in [5.41, 5.74) is 2.23. The van der Waals surface area contributed by atoms with Crippen molar-refractivity contribution in [3.8, 4) is 17.0 Å². The average molecular weight is 377 g/mol. The molecule has 28 heavy (non-hydrogen) atoms. The van der Waals surface area contributed by atoms with Crippen molar-refractivity contribution in [2.24, 2.45) is 5.41 Å². The van der Waals surface area contributed by atoms with E-state index in [2.05, 4.69) is 15.6 Å². The predicted molar refractivity (Wildman–Crippen MR) is 104 cm³/mol. The van der Waals surface area contributed by atoms with Crippen molar-refractivity contribution in [2.45, 2.75) is 25.8 Å². The molecule has 2 aromatic heterocycles. The first kappa shape index (κ1) is 17.1. The minimum absolute atomic E-state index is 0.0825. The highest BCUT2D eigenvalue weighted by Gasteiger charge is 2.45.